The first-order chi connectivity index (χ1) is 19.4. The van der Waals surface area contributed by atoms with Crippen LogP contribution in [-0.4, -0.2) is 30.5 Å². The number of esters is 1. The van der Waals surface area contributed by atoms with Gasteiger partial charge in [-0.05, 0) is 65.9 Å². The van der Waals surface area contributed by atoms with Gasteiger partial charge in [0.25, 0.3) is 0 Å². The van der Waals surface area contributed by atoms with Crippen molar-refractivity contribution in [2.45, 2.75) is 30.4 Å². The van der Waals surface area contributed by atoms with Crippen molar-refractivity contribution >= 4 is 41.0 Å². The normalized spacial score (nSPS) is 17.4. The Labute approximate surface area is 234 Å². The van der Waals surface area contributed by atoms with E-state index in [0.29, 0.717) is 58.3 Å². The summed E-state index contributed by atoms with van der Waals surface area (Å²) in [6, 6.07) is 17.1. The van der Waals surface area contributed by atoms with Crippen LogP contribution in [0.5, 0.6) is 11.5 Å². The van der Waals surface area contributed by atoms with Crippen molar-refractivity contribution in [3.05, 3.63) is 88.6 Å². The Morgan fingerprint density at radius 3 is 2.73 bits per heavy atom. The van der Waals surface area contributed by atoms with E-state index in [1.165, 1.54) is 11.8 Å². The second-order valence-corrected chi connectivity index (χ2v) is 10.5. The minimum atomic E-state index is -0.789. The topological polar surface area (TPSA) is 141 Å². The van der Waals surface area contributed by atoms with Gasteiger partial charge in [0, 0.05) is 16.3 Å². The quantitative estimate of drug-likeness (QED) is 0.252. The Bertz CT molecular complexity index is 1560. The number of allylic oxidation sites excluding steroid dienone is 1. The minimum Gasteiger partial charge on any atom is -0.457 e. The number of carbonyl (C=O) groups excluding carboxylic acids is 3. The smallest absolute Gasteiger partial charge is 0.338 e. The van der Waals surface area contributed by atoms with E-state index in [4.69, 9.17) is 19.9 Å². The lowest BCUT2D eigenvalue weighted by Gasteiger charge is -2.30. The molecule has 6 rings (SSSR count). The summed E-state index contributed by atoms with van der Waals surface area (Å²) in [5, 5.41) is 8.56. The molecule has 5 N–H and O–H groups in total. The summed E-state index contributed by atoms with van der Waals surface area (Å²) in [6.07, 6.45) is 0.895. The number of carbonyl (C=O) groups is 3. The number of benzene rings is 3. The average Bonchev–Trinajstić information content (AvgIpc) is 3.42. The number of nitrogens with one attached hydrogen (secondary N) is 3. The van der Waals surface area contributed by atoms with E-state index in [1.54, 1.807) is 24.3 Å². The molecule has 0 unspecified atom stereocenters. The third kappa shape index (κ3) is 5.41. The highest BCUT2D eigenvalue weighted by molar-refractivity contribution is 8.00. The molecule has 3 amide bonds. The van der Waals surface area contributed by atoms with Gasteiger partial charge >= 0.3 is 12.0 Å². The van der Waals surface area contributed by atoms with Gasteiger partial charge in [-0.2, -0.15) is 0 Å². The van der Waals surface area contributed by atoms with E-state index in [-0.39, 0.29) is 19.3 Å². The molecule has 3 aliphatic heterocycles. The maximum Gasteiger partial charge on any atom is 0.338 e. The molecule has 3 aromatic rings. The molecule has 0 aromatic heterocycles. The molecule has 0 aliphatic carbocycles. The molecule has 10 nitrogen and oxygen atoms in total. The van der Waals surface area contributed by atoms with Crippen LogP contribution in [0.2, 0.25) is 0 Å². The third-order valence-electron chi connectivity index (χ3n) is 6.76. The molecule has 0 saturated heterocycles. The van der Waals surface area contributed by atoms with Crippen LogP contribution in [0.4, 0.5) is 16.2 Å². The highest BCUT2D eigenvalue weighted by Gasteiger charge is 2.34. The van der Waals surface area contributed by atoms with Gasteiger partial charge in [-0.15, -0.1) is 11.8 Å². The van der Waals surface area contributed by atoms with Crippen LogP contribution < -0.4 is 31.2 Å². The molecular formula is C29H26N4O6S. The first-order valence-corrected chi connectivity index (χ1v) is 13.7. The Kier molecular flexibility index (Phi) is 6.95. The largest absolute Gasteiger partial charge is 0.457 e. The predicted molar refractivity (Wildman–Crippen MR) is 149 cm³/mol. The van der Waals surface area contributed by atoms with Crippen LogP contribution in [0.25, 0.3) is 0 Å². The number of fused-ring (bicyclic) bond motifs is 2. The number of amides is 3. The monoisotopic (exact) mass is 558 g/mol. The van der Waals surface area contributed by atoms with Crippen molar-refractivity contribution in [3.63, 3.8) is 0 Å². The number of rotatable bonds is 7. The number of nitrogen functional groups attached to an aromatic ring is 1. The van der Waals surface area contributed by atoms with Crippen LogP contribution >= 0.6 is 11.8 Å². The molecule has 3 heterocycles. The minimum absolute atomic E-state index is 0.0143. The van der Waals surface area contributed by atoms with E-state index in [1.807, 2.05) is 36.4 Å². The van der Waals surface area contributed by atoms with E-state index < -0.39 is 18.0 Å². The number of hydrogen-bond donors (Lipinski definition) is 4. The van der Waals surface area contributed by atoms with Crippen molar-refractivity contribution in [1.29, 1.82) is 0 Å². The highest BCUT2D eigenvalue weighted by Crippen LogP contribution is 2.37. The average molecular weight is 559 g/mol. The molecule has 0 fully saturated rings. The second kappa shape index (κ2) is 10.9. The molecule has 204 valence electrons. The van der Waals surface area contributed by atoms with Crippen LogP contribution in [0, 0.1) is 0 Å². The summed E-state index contributed by atoms with van der Waals surface area (Å²) in [7, 11) is 0. The summed E-state index contributed by atoms with van der Waals surface area (Å²) in [5.41, 5.74) is 10.2. The molecule has 0 radical (unpaired) electrons. The maximum atomic E-state index is 13.6. The van der Waals surface area contributed by atoms with Gasteiger partial charge in [-0.3, -0.25) is 4.79 Å². The molecule has 0 bridgehead atoms. The third-order valence-corrected chi connectivity index (χ3v) is 7.84. The fraction of sp³-hybridized carbons (Fsp3) is 0.207. The summed E-state index contributed by atoms with van der Waals surface area (Å²) in [4.78, 5) is 39.4. The lowest BCUT2D eigenvalue weighted by molar-refractivity contribution is -0.140. The Morgan fingerprint density at radius 1 is 0.975 bits per heavy atom. The zero-order chi connectivity index (χ0) is 27.6. The fourth-order valence-corrected chi connectivity index (χ4v) is 5.65. The summed E-state index contributed by atoms with van der Waals surface area (Å²) in [5.74, 6) is 1.00. The van der Waals surface area contributed by atoms with Gasteiger partial charge < -0.3 is 35.9 Å². The van der Waals surface area contributed by atoms with Gasteiger partial charge in [0.15, 0.2) is 11.5 Å². The predicted octanol–water partition coefficient (Wildman–Crippen LogP) is 4.03. The zero-order valence-corrected chi connectivity index (χ0v) is 22.1. The van der Waals surface area contributed by atoms with Crippen LogP contribution in [0.1, 0.15) is 29.2 Å². The van der Waals surface area contributed by atoms with Gasteiger partial charge in [0.05, 0.1) is 23.1 Å². The lowest BCUT2D eigenvalue weighted by Crippen LogP contribution is -2.46. The van der Waals surface area contributed by atoms with Crippen LogP contribution in [0.15, 0.2) is 76.8 Å². The standard InChI is InChI=1S/C29H26N4O6S/c30-19-3-1-2-17(10-19)13-37-28(35)26-20(7-4-16-5-8-22-23(11-16)39-15-38-22)32-29(36)33-27(26)18-6-9-24-21(12-18)31-25(34)14-40-24/h1-3,5-6,8-12,27H,4,7,13-15,30H2,(H,31,34)(H2,32,33,36)/t27-/m1/s1. The fourth-order valence-electron chi connectivity index (χ4n) is 4.86. The Hall–Kier alpha value is -4.64. The van der Waals surface area contributed by atoms with Crippen LogP contribution in [0.3, 0.4) is 0 Å². The van der Waals surface area contributed by atoms with Gasteiger partial charge in [0.2, 0.25) is 12.7 Å². The molecule has 0 spiro atoms. The number of urea groups is 1. The summed E-state index contributed by atoms with van der Waals surface area (Å²) in [6.45, 7) is 0.191. The second-order valence-electron chi connectivity index (χ2n) is 9.52. The number of hydrogen-bond acceptors (Lipinski definition) is 8. The first kappa shape index (κ1) is 25.6. The van der Waals surface area contributed by atoms with Crippen molar-refractivity contribution < 1.29 is 28.6 Å². The Balaban J connectivity index is 1.32. The van der Waals surface area contributed by atoms with E-state index in [2.05, 4.69) is 16.0 Å². The lowest BCUT2D eigenvalue weighted by atomic mass is 9.92. The number of ether oxygens (including phenoxy) is 3. The van der Waals surface area contributed by atoms with E-state index in [0.717, 1.165) is 16.0 Å². The number of aryl methyl sites for hydroxylation is 1. The van der Waals surface area contributed by atoms with Gasteiger partial charge in [-0.25, -0.2) is 9.59 Å². The SMILES string of the molecule is Nc1cccc(COC(=O)C2=C(CCc3ccc4c(c3)OCO4)NC(=O)N[C@@H]2c2ccc3c(c2)NC(=O)CS3)c1. The van der Waals surface area contributed by atoms with Crippen molar-refractivity contribution in [3.8, 4) is 11.5 Å². The first-order valence-electron chi connectivity index (χ1n) is 12.7. The van der Waals surface area contributed by atoms with Crippen molar-refractivity contribution in [2.24, 2.45) is 0 Å². The molecule has 40 heavy (non-hydrogen) atoms. The zero-order valence-electron chi connectivity index (χ0n) is 21.3. The molecule has 3 aromatic carbocycles. The van der Waals surface area contributed by atoms with Crippen molar-refractivity contribution in [2.75, 3.05) is 23.6 Å². The van der Waals surface area contributed by atoms with Gasteiger partial charge in [-0.1, -0.05) is 24.3 Å². The maximum absolute atomic E-state index is 13.6. The Morgan fingerprint density at radius 2 is 1.85 bits per heavy atom. The highest BCUT2D eigenvalue weighted by atomic mass is 32.2. The summed E-state index contributed by atoms with van der Waals surface area (Å²) < 4.78 is 16.6. The van der Waals surface area contributed by atoms with Gasteiger partial charge in [0.1, 0.15) is 6.61 Å². The van der Waals surface area contributed by atoms with E-state index in [9.17, 15) is 14.4 Å². The number of nitrogens with two attached hydrogens (primary N) is 1. The van der Waals surface area contributed by atoms with Crippen molar-refractivity contribution in [1.82, 2.24) is 10.6 Å². The van der Waals surface area contributed by atoms with Crippen LogP contribution in [-0.2, 0) is 27.4 Å². The molecular weight excluding hydrogens is 532 g/mol. The molecule has 1 atom stereocenters. The molecule has 11 heteroatoms. The number of anilines is 2. The summed E-state index contributed by atoms with van der Waals surface area (Å²) >= 11 is 1.44. The molecule has 3 aliphatic rings. The number of thioether (sulfide) groups is 1. The van der Waals surface area contributed by atoms with E-state index >= 15 is 0 Å². The molecule has 0 saturated carbocycles.